The van der Waals surface area contributed by atoms with E-state index in [1.807, 2.05) is 18.2 Å². The summed E-state index contributed by atoms with van der Waals surface area (Å²) >= 11 is 0. The summed E-state index contributed by atoms with van der Waals surface area (Å²) in [6, 6.07) is 6.61. The third kappa shape index (κ3) is 3.79. The fraction of sp³-hybridized carbons (Fsp3) is 0.500. The number of H-pyrrole nitrogens is 1. The first-order valence-corrected chi connectivity index (χ1v) is 8.49. The number of aliphatic hydroxyl groups is 1. The summed E-state index contributed by atoms with van der Waals surface area (Å²) in [5, 5.41) is 8.11. The lowest BCUT2D eigenvalue weighted by Crippen LogP contribution is -2.28. The zero-order chi connectivity index (χ0) is 15.9. The monoisotopic (exact) mass is 324 g/mol. The van der Waals surface area contributed by atoms with Crippen molar-refractivity contribution in [2.24, 2.45) is 0 Å². The normalized spacial score (nSPS) is 18.8. The first-order valence-electron chi connectivity index (χ1n) is 7.63. The van der Waals surface area contributed by atoms with Gasteiger partial charge in [-0.1, -0.05) is 6.07 Å². The topological polar surface area (TPSA) is 68.7 Å². The number of nitrogens with one attached hydrogen (secondary N) is 1. The van der Waals surface area contributed by atoms with Crippen LogP contribution in [0.2, 0.25) is 0 Å². The van der Waals surface area contributed by atoms with Gasteiger partial charge in [0, 0.05) is 36.8 Å². The number of aliphatic hydroxyl groups excluding tert-OH is 1. The average molecular weight is 324 g/mol. The van der Waals surface area contributed by atoms with Crippen LogP contribution in [0.15, 0.2) is 24.4 Å². The first-order chi connectivity index (χ1) is 10.8. The summed E-state index contributed by atoms with van der Waals surface area (Å²) in [5.41, 5.74) is 2.35. The van der Waals surface area contributed by atoms with Crippen LogP contribution in [0.4, 0.5) is 0 Å². The molecule has 6 heteroatoms. The summed E-state index contributed by atoms with van der Waals surface area (Å²) in [4.78, 5) is 14.9. The third-order valence-corrected chi connectivity index (χ3v) is 4.57. The number of likely N-dealkylation sites (tertiary alicyclic amines) is 1. The number of aromatic amines is 1. The van der Waals surface area contributed by atoms with Gasteiger partial charge < -0.3 is 24.4 Å². The Balaban J connectivity index is 0.000000847. The number of nitrogens with zero attached hydrogens (tertiary/aromatic N) is 1. The highest BCUT2D eigenvalue weighted by molar-refractivity contribution is 7.25. The minimum Gasteiger partial charge on any atom is -0.449 e. The molecule has 3 N–H and O–H groups in total. The molecule has 1 aromatic heterocycles. The van der Waals surface area contributed by atoms with E-state index < -0.39 is 9.03 Å². The highest BCUT2D eigenvalue weighted by Crippen LogP contribution is 2.32. The molecule has 1 aromatic carbocycles. The van der Waals surface area contributed by atoms with E-state index in [1.165, 1.54) is 24.9 Å². The van der Waals surface area contributed by atoms with Gasteiger partial charge >= 0.3 is 0 Å². The minimum atomic E-state index is -0.513. The highest BCUT2D eigenvalue weighted by atomic mass is 31.1. The molecular formula is C16H25N2O3P. The lowest BCUT2D eigenvalue weighted by molar-refractivity contribution is 0.272. The van der Waals surface area contributed by atoms with Crippen LogP contribution >= 0.6 is 9.03 Å². The van der Waals surface area contributed by atoms with Crippen molar-refractivity contribution in [1.29, 1.82) is 0 Å². The Bertz CT molecular complexity index is 588. The maximum absolute atomic E-state index is 9.03. The van der Waals surface area contributed by atoms with Gasteiger partial charge in [0.2, 0.25) is 9.03 Å². The summed E-state index contributed by atoms with van der Waals surface area (Å²) in [7, 11) is 0.487. The largest absolute Gasteiger partial charge is 0.449 e. The average Bonchev–Trinajstić information content (AvgIpc) is 3.14. The number of aromatic nitrogens is 1. The Kier molecular flexibility index (Phi) is 6.65. The van der Waals surface area contributed by atoms with Crippen molar-refractivity contribution in [3.8, 4) is 5.75 Å². The summed E-state index contributed by atoms with van der Waals surface area (Å²) in [6.45, 7) is 4.61. The minimum absolute atomic E-state index is 0.513. The fourth-order valence-electron chi connectivity index (χ4n) is 3.14. The Morgan fingerprint density at radius 2 is 2.23 bits per heavy atom. The second-order valence-corrected chi connectivity index (χ2v) is 5.85. The van der Waals surface area contributed by atoms with Crippen LogP contribution in [-0.4, -0.2) is 46.1 Å². The fourth-order valence-corrected chi connectivity index (χ4v) is 3.41. The van der Waals surface area contributed by atoms with Crippen LogP contribution in [0, 0.1) is 0 Å². The Labute approximate surface area is 133 Å². The smallest absolute Gasteiger partial charge is 0.212 e. The zero-order valence-corrected chi connectivity index (χ0v) is 14.2. The van der Waals surface area contributed by atoms with Crippen LogP contribution in [0.25, 0.3) is 10.9 Å². The summed E-state index contributed by atoms with van der Waals surface area (Å²) in [5.74, 6) is 0.772. The lowest BCUT2D eigenvalue weighted by Gasteiger charge is -2.20. The van der Waals surface area contributed by atoms with E-state index in [4.69, 9.17) is 14.5 Å². The van der Waals surface area contributed by atoms with Gasteiger partial charge in [-0.3, -0.25) is 0 Å². The van der Waals surface area contributed by atoms with E-state index >= 15 is 0 Å². The maximum atomic E-state index is 9.03. The Morgan fingerprint density at radius 3 is 2.91 bits per heavy atom. The molecule has 0 saturated carbocycles. The quantitative estimate of drug-likeness (QED) is 0.740. The molecule has 1 aliphatic rings. The van der Waals surface area contributed by atoms with Gasteiger partial charge in [-0.05, 0) is 50.4 Å². The second kappa shape index (κ2) is 8.49. The highest BCUT2D eigenvalue weighted by Gasteiger charge is 2.20. The molecule has 22 heavy (non-hydrogen) atoms. The third-order valence-electron chi connectivity index (χ3n) is 4.26. The first kappa shape index (κ1) is 17.2. The van der Waals surface area contributed by atoms with E-state index in [2.05, 4.69) is 23.0 Å². The molecule has 1 aliphatic heterocycles. The second-order valence-electron chi connectivity index (χ2n) is 5.46. The van der Waals surface area contributed by atoms with E-state index in [0.29, 0.717) is 6.04 Å². The van der Waals surface area contributed by atoms with Crippen LogP contribution in [0.3, 0.4) is 0 Å². The molecule has 122 valence electrons. The van der Waals surface area contributed by atoms with Crippen molar-refractivity contribution in [2.75, 3.05) is 20.2 Å². The molecular weight excluding hydrogens is 299 g/mol. The summed E-state index contributed by atoms with van der Waals surface area (Å²) < 4.78 is 5.36. The molecule has 2 heterocycles. The lowest BCUT2D eigenvalue weighted by atomic mass is 10.1. The number of fused-ring (bicyclic) bond motifs is 1. The molecule has 0 radical (unpaired) electrons. The summed E-state index contributed by atoms with van der Waals surface area (Å²) in [6.07, 6.45) is 5.71. The van der Waals surface area contributed by atoms with Crippen LogP contribution in [0.1, 0.15) is 25.3 Å². The van der Waals surface area contributed by atoms with Gasteiger partial charge in [0.15, 0.2) is 0 Å². The van der Waals surface area contributed by atoms with Gasteiger partial charge in [0.25, 0.3) is 0 Å². The van der Waals surface area contributed by atoms with E-state index in [1.54, 1.807) is 0 Å². The van der Waals surface area contributed by atoms with Crippen molar-refractivity contribution in [3.63, 3.8) is 0 Å². The Morgan fingerprint density at radius 1 is 1.41 bits per heavy atom. The predicted octanol–water partition coefficient (Wildman–Crippen LogP) is 2.68. The van der Waals surface area contributed by atoms with Crippen LogP contribution < -0.4 is 4.52 Å². The van der Waals surface area contributed by atoms with Gasteiger partial charge in [0.05, 0.1) is 0 Å². The number of rotatable bonds is 5. The molecule has 0 bridgehead atoms. The SMILES string of the molecule is CO.C[C@@H]1CCCN1CCc1c[nH]c2cccc(OPO)c12. The Hall–Kier alpha value is -1.13. The van der Waals surface area contributed by atoms with E-state index in [0.717, 1.165) is 36.7 Å². The number of hydrogen-bond donors (Lipinski definition) is 3. The van der Waals surface area contributed by atoms with Gasteiger partial charge in [-0.25, -0.2) is 0 Å². The molecule has 2 aromatic rings. The van der Waals surface area contributed by atoms with Crippen LogP contribution in [0.5, 0.6) is 5.75 Å². The maximum Gasteiger partial charge on any atom is 0.212 e. The molecule has 2 atom stereocenters. The molecule has 1 unspecified atom stereocenters. The molecule has 0 spiro atoms. The standard InChI is InChI=1S/C15H21N2O2P.CH4O/c1-11-4-3-8-17(11)9-7-12-10-16-13-5-2-6-14(15(12)13)19-20-18;1-2/h2,5-6,10-11,16,18,20H,3-4,7-9H2,1H3;2H,1H3/t11-;/m1./s1. The van der Waals surface area contributed by atoms with E-state index in [9.17, 15) is 0 Å². The van der Waals surface area contributed by atoms with Crippen molar-refractivity contribution in [1.82, 2.24) is 9.88 Å². The van der Waals surface area contributed by atoms with Crippen molar-refractivity contribution >= 4 is 19.9 Å². The van der Waals surface area contributed by atoms with Crippen molar-refractivity contribution in [2.45, 2.75) is 32.2 Å². The molecule has 1 saturated heterocycles. The molecule has 0 aliphatic carbocycles. The van der Waals surface area contributed by atoms with Gasteiger partial charge in [-0.15, -0.1) is 0 Å². The number of benzene rings is 1. The predicted molar refractivity (Wildman–Crippen MR) is 91.6 cm³/mol. The van der Waals surface area contributed by atoms with Crippen LogP contribution in [-0.2, 0) is 6.42 Å². The van der Waals surface area contributed by atoms with Gasteiger partial charge in [-0.2, -0.15) is 0 Å². The van der Waals surface area contributed by atoms with E-state index in [-0.39, 0.29) is 0 Å². The zero-order valence-electron chi connectivity index (χ0n) is 13.2. The number of hydrogen-bond acceptors (Lipinski definition) is 4. The molecule has 3 rings (SSSR count). The molecule has 1 fully saturated rings. The van der Waals surface area contributed by atoms with Gasteiger partial charge in [0.1, 0.15) is 5.75 Å². The van der Waals surface area contributed by atoms with Crippen molar-refractivity contribution < 1.29 is 14.5 Å². The molecule has 5 nitrogen and oxygen atoms in total. The van der Waals surface area contributed by atoms with Crippen molar-refractivity contribution in [3.05, 3.63) is 30.0 Å². The molecule has 0 amide bonds.